The molecule has 0 aromatic carbocycles. The molecule has 0 amide bonds. The van der Waals surface area contributed by atoms with Gasteiger partial charge in [-0.2, -0.15) is 0 Å². The van der Waals surface area contributed by atoms with Crippen LogP contribution in [0.2, 0.25) is 0 Å². The molecule has 1 atom stereocenters. The summed E-state index contributed by atoms with van der Waals surface area (Å²) in [5, 5.41) is 4.36. The van der Waals surface area contributed by atoms with Crippen molar-refractivity contribution in [1.82, 2.24) is 15.0 Å². The molecule has 1 unspecified atom stereocenters. The molecule has 0 aliphatic carbocycles. The molecule has 0 spiro atoms. The fraction of sp³-hybridized carbons (Fsp3) is 0.417. The van der Waals surface area contributed by atoms with E-state index in [0.717, 1.165) is 29.0 Å². The van der Waals surface area contributed by atoms with Gasteiger partial charge in [0.25, 0.3) is 0 Å². The molecule has 1 N–H and O–H groups in total. The quantitative estimate of drug-likeness (QED) is 0.856. The number of rotatable bonds is 3. The van der Waals surface area contributed by atoms with Gasteiger partial charge in [-0.15, -0.1) is 0 Å². The minimum absolute atomic E-state index is 0.401. The second kappa shape index (κ2) is 4.43. The zero-order valence-corrected chi connectivity index (χ0v) is 9.86. The molecule has 84 valence electrons. The van der Waals surface area contributed by atoms with Crippen LogP contribution < -0.4 is 5.32 Å². The van der Waals surface area contributed by atoms with Crippen LogP contribution in [-0.4, -0.2) is 21.0 Å². The number of hydrogen-bond donors (Lipinski definition) is 1. The Morgan fingerprint density at radius 3 is 2.94 bits per heavy atom. The number of aromatic nitrogens is 3. The van der Waals surface area contributed by atoms with Crippen molar-refractivity contribution < 1.29 is 0 Å². The van der Waals surface area contributed by atoms with Gasteiger partial charge in [-0.25, -0.2) is 9.97 Å². The average molecular weight is 216 g/mol. The third kappa shape index (κ3) is 2.10. The number of anilines is 1. The first kappa shape index (κ1) is 10.8. The molecule has 16 heavy (non-hydrogen) atoms. The van der Waals surface area contributed by atoms with Crippen LogP contribution in [0.3, 0.4) is 0 Å². The SMILES string of the molecule is CCC(C)Nc1nc(C)nc2ccncc12. The second-order valence-corrected chi connectivity index (χ2v) is 3.97. The number of fused-ring (bicyclic) bond motifs is 1. The van der Waals surface area contributed by atoms with Crippen molar-refractivity contribution in [3.63, 3.8) is 0 Å². The zero-order chi connectivity index (χ0) is 11.5. The minimum atomic E-state index is 0.401. The van der Waals surface area contributed by atoms with Crippen molar-refractivity contribution in [1.29, 1.82) is 0 Å². The van der Waals surface area contributed by atoms with Gasteiger partial charge in [0.05, 0.1) is 10.9 Å². The van der Waals surface area contributed by atoms with Crippen molar-refractivity contribution in [2.75, 3.05) is 5.32 Å². The van der Waals surface area contributed by atoms with E-state index in [1.807, 2.05) is 13.0 Å². The molecule has 0 fully saturated rings. The number of hydrogen-bond acceptors (Lipinski definition) is 4. The Bertz CT molecular complexity index is 495. The number of nitrogens with one attached hydrogen (secondary N) is 1. The largest absolute Gasteiger partial charge is 0.367 e. The van der Waals surface area contributed by atoms with E-state index in [1.54, 1.807) is 12.4 Å². The van der Waals surface area contributed by atoms with Gasteiger partial charge < -0.3 is 5.32 Å². The summed E-state index contributed by atoms with van der Waals surface area (Å²) in [6.45, 7) is 6.19. The Labute approximate surface area is 95.1 Å². The van der Waals surface area contributed by atoms with Crippen LogP contribution in [0.1, 0.15) is 26.1 Å². The molecule has 2 aromatic rings. The van der Waals surface area contributed by atoms with E-state index in [0.29, 0.717) is 6.04 Å². The summed E-state index contributed by atoms with van der Waals surface area (Å²) in [6, 6.07) is 2.31. The van der Waals surface area contributed by atoms with E-state index in [1.165, 1.54) is 0 Å². The lowest BCUT2D eigenvalue weighted by atomic mass is 10.2. The lowest BCUT2D eigenvalue weighted by Gasteiger charge is -2.14. The number of nitrogens with zero attached hydrogens (tertiary/aromatic N) is 3. The highest BCUT2D eigenvalue weighted by Gasteiger charge is 2.07. The summed E-state index contributed by atoms with van der Waals surface area (Å²) in [5.74, 6) is 1.66. The molecule has 2 aromatic heterocycles. The van der Waals surface area contributed by atoms with E-state index in [-0.39, 0.29) is 0 Å². The smallest absolute Gasteiger partial charge is 0.139 e. The Kier molecular flexibility index (Phi) is 2.99. The van der Waals surface area contributed by atoms with Gasteiger partial charge in [0.1, 0.15) is 11.6 Å². The summed E-state index contributed by atoms with van der Waals surface area (Å²) in [5.41, 5.74) is 0.938. The third-order valence-corrected chi connectivity index (χ3v) is 2.60. The van der Waals surface area contributed by atoms with Gasteiger partial charge in [-0.1, -0.05) is 6.92 Å². The fourth-order valence-corrected chi connectivity index (χ4v) is 1.53. The predicted molar refractivity (Wildman–Crippen MR) is 65.4 cm³/mol. The maximum absolute atomic E-state index is 4.43. The lowest BCUT2D eigenvalue weighted by Crippen LogP contribution is -2.15. The molecule has 2 rings (SSSR count). The molecule has 0 saturated carbocycles. The predicted octanol–water partition coefficient (Wildman–Crippen LogP) is 2.54. The van der Waals surface area contributed by atoms with Crippen LogP contribution in [0.15, 0.2) is 18.5 Å². The zero-order valence-electron chi connectivity index (χ0n) is 9.86. The van der Waals surface area contributed by atoms with Gasteiger partial charge in [0.15, 0.2) is 0 Å². The molecule has 0 radical (unpaired) electrons. The van der Waals surface area contributed by atoms with Crippen LogP contribution in [0.25, 0.3) is 10.9 Å². The van der Waals surface area contributed by atoms with Gasteiger partial charge in [0, 0.05) is 18.4 Å². The van der Waals surface area contributed by atoms with Crippen LogP contribution in [0, 0.1) is 6.92 Å². The summed E-state index contributed by atoms with van der Waals surface area (Å²) in [6.07, 6.45) is 4.62. The molecule has 0 saturated heterocycles. The Balaban J connectivity index is 2.50. The van der Waals surface area contributed by atoms with Gasteiger partial charge >= 0.3 is 0 Å². The molecule has 0 aliphatic rings. The normalized spacial score (nSPS) is 12.7. The molecular weight excluding hydrogens is 200 g/mol. The maximum Gasteiger partial charge on any atom is 0.139 e. The van der Waals surface area contributed by atoms with Gasteiger partial charge in [-0.3, -0.25) is 4.98 Å². The highest BCUT2D eigenvalue weighted by atomic mass is 15.0. The average Bonchev–Trinajstić information content (AvgIpc) is 2.28. The van der Waals surface area contributed by atoms with E-state index >= 15 is 0 Å². The van der Waals surface area contributed by atoms with Gasteiger partial charge in [-0.05, 0) is 26.3 Å². The Morgan fingerprint density at radius 2 is 2.19 bits per heavy atom. The van der Waals surface area contributed by atoms with Crippen molar-refractivity contribution in [2.45, 2.75) is 33.2 Å². The summed E-state index contributed by atoms with van der Waals surface area (Å²) >= 11 is 0. The van der Waals surface area contributed by atoms with Crippen molar-refractivity contribution in [3.8, 4) is 0 Å². The summed E-state index contributed by atoms with van der Waals surface area (Å²) < 4.78 is 0. The standard InChI is InChI=1S/C12H16N4/c1-4-8(2)14-12-10-7-13-6-5-11(10)15-9(3)16-12/h5-8H,4H2,1-3H3,(H,14,15,16). The number of pyridine rings is 1. The molecule has 0 bridgehead atoms. The first-order valence-electron chi connectivity index (χ1n) is 5.55. The molecule has 2 heterocycles. The summed E-state index contributed by atoms with van der Waals surface area (Å²) in [7, 11) is 0. The molecular formula is C12H16N4. The van der Waals surface area contributed by atoms with E-state index in [9.17, 15) is 0 Å². The fourth-order valence-electron chi connectivity index (χ4n) is 1.53. The van der Waals surface area contributed by atoms with E-state index < -0.39 is 0 Å². The lowest BCUT2D eigenvalue weighted by molar-refractivity contribution is 0.759. The van der Waals surface area contributed by atoms with E-state index in [2.05, 4.69) is 34.1 Å². The highest BCUT2D eigenvalue weighted by molar-refractivity contribution is 5.88. The summed E-state index contributed by atoms with van der Waals surface area (Å²) in [4.78, 5) is 12.9. The van der Waals surface area contributed by atoms with Crippen LogP contribution in [0.4, 0.5) is 5.82 Å². The van der Waals surface area contributed by atoms with Crippen molar-refractivity contribution in [2.24, 2.45) is 0 Å². The first-order chi connectivity index (χ1) is 7.70. The third-order valence-electron chi connectivity index (χ3n) is 2.60. The second-order valence-electron chi connectivity index (χ2n) is 3.97. The monoisotopic (exact) mass is 216 g/mol. The Hall–Kier alpha value is -1.71. The highest BCUT2D eigenvalue weighted by Crippen LogP contribution is 2.19. The molecule has 4 nitrogen and oxygen atoms in total. The number of aryl methyl sites for hydroxylation is 1. The minimum Gasteiger partial charge on any atom is -0.367 e. The van der Waals surface area contributed by atoms with Crippen LogP contribution in [0.5, 0.6) is 0 Å². The Morgan fingerprint density at radius 1 is 1.38 bits per heavy atom. The van der Waals surface area contributed by atoms with Crippen LogP contribution in [-0.2, 0) is 0 Å². The molecule has 0 aliphatic heterocycles. The van der Waals surface area contributed by atoms with Gasteiger partial charge in [0.2, 0.25) is 0 Å². The van der Waals surface area contributed by atoms with Crippen LogP contribution >= 0.6 is 0 Å². The van der Waals surface area contributed by atoms with E-state index in [4.69, 9.17) is 0 Å². The topological polar surface area (TPSA) is 50.7 Å². The first-order valence-corrected chi connectivity index (χ1v) is 5.55. The van der Waals surface area contributed by atoms with Crippen molar-refractivity contribution in [3.05, 3.63) is 24.3 Å². The maximum atomic E-state index is 4.43. The van der Waals surface area contributed by atoms with Crippen molar-refractivity contribution >= 4 is 16.7 Å². The molecule has 4 heteroatoms.